The zero-order chi connectivity index (χ0) is 29.1. The highest BCUT2D eigenvalue weighted by molar-refractivity contribution is 8.05. The first-order chi connectivity index (χ1) is 20.5. The van der Waals surface area contributed by atoms with Crippen LogP contribution in [0.1, 0.15) is 42.4 Å². The van der Waals surface area contributed by atoms with Crippen LogP contribution in [0.3, 0.4) is 0 Å². The zero-order valence-electron chi connectivity index (χ0n) is 24.2. The molecule has 2 N–H and O–H groups in total. The van der Waals surface area contributed by atoms with Crippen molar-refractivity contribution in [2.45, 2.75) is 52.0 Å². The van der Waals surface area contributed by atoms with Gasteiger partial charge in [-0.2, -0.15) is 0 Å². The molecule has 0 amide bonds. The SMILES string of the molecule is CCN(C)CCC(Nc1ccc2c(c1)Sc1cccc(C3CN(c4cc[nH]c(=O)c4)CCO3)c1S2)c1cnc(C)cn1. The third-order valence-corrected chi connectivity index (χ3v) is 10.4. The summed E-state index contributed by atoms with van der Waals surface area (Å²) in [4.78, 5) is 33.3. The van der Waals surface area contributed by atoms with Gasteiger partial charge in [0.2, 0.25) is 5.56 Å². The van der Waals surface area contributed by atoms with Crippen molar-refractivity contribution in [3.63, 3.8) is 0 Å². The standard InChI is InChI=1S/C32H36N6O2S2/c1-4-37(3)13-11-25(26-19-34-21(2)18-35-26)36-22-8-9-28-30(16-22)41-29-7-5-6-24(32(29)42-28)27-20-38(14-15-40-27)23-10-12-33-31(39)17-23/h5-10,12,16-19,25,27,36H,4,11,13-15,20H2,1-3H3,(H,33,39). The molecule has 0 saturated carbocycles. The fourth-order valence-electron chi connectivity index (χ4n) is 5.25. The number of anilines is 2. The maximum Gasteiger partial charge on any atom is 0.249 e. The number of nitrogens with one attached hydrogen (secondary N) is 2. The molecule has 2 aliphatic rings. The summed E-state index contributed by atoms with van der Waals surface area (Å²) in [6.45, 7) is 8.21. The highest BCUT2D eigenvalue weighted by Crippen LogP contribution is 2.52. The largest absolute Gasteiger partial charge is 0.377 e. The summed E-state index contributed by atoms with van der Waals surface area (Å²) < 4.78 is 6.29. The van der Waals surface area contributed by atoms with Crippen LogP contribution in [0.25, 0.3) is 0 Å². The highest BCUT2D eigenvalue weighted by Gasteiger charge is 2.28. The van der Waals surface area contributed by atoms with Gasteiger partial charge in [0.1, 0.15) is 6.10 Å². The lowest BCUT2D eigenvalue weighted by atomic mass is 10.1. The summed E-state index contributed by atoms with van der Waals surface area (Å²) in [6, 6.07) is 16.8. The number of aromatic nitrogens is 3. The van der Waals surface area contributed by atoms with Crippen LogP contribution in [0.5, 0.6) is 0 Å². The van der Waals surface area contributed by atoms with E-state index in [0.29, 0.717) is 13.2 Å². The Kier molecular flexibility index (Phi) is 8.85. The van der Waals surface area contributed by atoms with Gasteiger partial charge in [-0.3, -0.25) is 14.8 Å². The average molecular weight is 601 g/mol. The first-order valence-electron chi connectivity index (χ1n) is 14.4. The van der Waals surface area contributed by atoms with Crippen molar-refractivity contribution in [2.24, 2.45) is 0 Å². The highest BCUT2D eigenvalue weighted by atomic mass is 32.2. The summed E-state index contributed by atoms with van der Waals surface area (Å²) in [5.74, 6) is 0. The molecule has 6 rings (SSSR count). The van der Waals surface area contributed by atoms with Gasteiger partial charge < -0.3 is 24.8 Å². The van der Waals surface area contributed by atoms with Crippen molar-refractivity contribution < 1.29 is 4.74 Å². The summed E-state index contributed by atoms with van der Waals surface area (Å²) in [5.41, 5.74) is 5.01. The first-order valence-corrected chi connectivity index (χ1v) is 16.0. The van der Waals surface area contributed by atoms with E-state index >= 15 is 0 Å². The van der Waals surface area contributed by atoms with E-state index in [1.165, 1.54) is 25.1 Å². The van der Waals surface area contributed by atoms with Crippen LogP contribution < -0.4 is 15.8 Å². The van der Waals surface area contributed by atoms with Gasteiger partial charge in [-0.05, 0) is 62.8 Å². The Balaban J connectivity index is 1.21. The molecule has 2 unspecified atom stereocenters. The van der Waals surface area contributed by atoms with E-state index in [1.807, 2.05) is 48.9 Å². The molecule has 1 saturated heterocycles. The van der Waals surface area contributed by atoms with Crippen LogP contribution in [-0.4, -0.2) is 59.7 Å². The van der Waals surface area contributed by atoms with Crippen LogP contribution in [0.4, 0.5) is 11.4 Å². The second kappa shape index (κ2) is 12.9. The van der Waals surface area contributed by atoms with Crippen LogP contribution in [0.2, 0.25) is 0 Å². The number of ether oxygens (including phenoxy) is 1. The van der Waals surface area contributed by atoms with Crippen LogP contribution in [-0.2, 0) is 4.74 Å². The minimum absolute atomic E-state index is 0.0666. The molecule has 2 aromatic heterocycles. The number of hydrogen-bond acceptors (Lipinski definition) is 9. The molecule has 2 aromatic carbocycles. The molecule has 0 bridgehead atoms. The number of aryl methyl sites for hydroxylation is 1. The van der Waals surface area contributed by atoms with Crippen molar-refractivity contribution in [3.8, 4) is 0 Å². The summed E-state index contributed by atoms with van der Waals surface area (Å²) in [5, 5.41) is 3.75. The molecule has 4 heterocycles. The molecule has 4 aromatic rings. The number of nitrogens with zero attached hydrogens (tertiary/aromatic N) is 4. The molecular weight excluding hydrogens is 565 g/mol. The fraction of sp³-hybridized carbons (Fsp3) is 0.344. The van der Waals surface area contributed by atoms with E-state index < -0.39 is 0 Å². The van der Waals surface area contributed by atoms with Crippen LogP contribution in [0, 0.1) is 6.92 Å². The van der Waals surface area contributed by atoms with E-state index in [9.17, 15) is 4.79 Å². The van der Waals surface area contributed by atoms with Crippen molar-refractivity contribution in [3.05, 3.63) is 94.4 Å². The Morgan fingerprint density at radius 1 is 1.12 bits per heavy atom. The Morgan fingerprint density at radius 2 is 2.02 bits per heavy atom. The number of fused-ring (bicyclic) bond motifs is 2. The minimum atomic E-state index is -0.0866. The third-order valence-electron chi connectivity index (χ3n) is 7.76. The number of H-pyrrole nitrogens is 1. The van der Waals surface area contributed by atoms with Crippen molar-refractivity contribution >= 4 is 34.9 Å². The third kappa shape index (κ3) is 6.52. The Labute approximate surface area is 255 Å². The summed E-state index contributed by atoms with van der Waals surface area (Å²) in [7, 11) is 2.15. The van der Waals surface area contributed by atoms with Gasteiger partial charge in [0.25, 0.3) is 0 Å². The van der Waals surface area contributed by atoms with Crippen molar-refractivity contribution in [1.82, 2.24) is 19.9 Å². The smallest absolute Gasteiger partial charge is 0.249 e. The second-order valence-electron chi connectivity index (χ2n) is 10.7. The molecule has 0 spiro atoms. The lowest BCUT2D eigenvalue weighted by molar-refractivity contribution is 0.0379. The van der Waals surface area contributed by atoms with Gasteiger partial charge in [-0.1, -0.05) is 42.6 Å². The maximum absolute atomic E-state index is 11.9. The Bertz CT molecular complexity index is 1590. The van der Waals surface area contributed by atoms with Crippen LogP contribution in [0.15, 0.2) is 91.5 Å². The fourth-order valence-corrected chi connectivity index (χ4v) is 7.70. The normalized spacial score (nSPS) is 17.0. The molecule has 8 nitrogen and oxygen atoms in total. The summed E-state index contributed by atoms with van der Waals surface area (Å²) >= 11 is 3.62. The monoisotopic (exact) mass is 600 g/mol. The Hall–Kier alpha value is -3.31. The molecule has 10 heteroatoms. The number of pyridine rings is 1. The molecule has 0 radical (unpaired) electrons. The summed E-state index contributed by atoms with van der Waals surface area (Å²) in [6.07, 6.45) is 6.31. The van der Waals surface area contributed by atoms with E-state index in [4.69, 9.17) is 9.72 Å². The molecule has 1 fully saturated rings. The molecule has 2 atom stereocenters. The number of benzene rings is 2. The first kappa shape index (κ1) is 28.8. The van der Waals surface area contributed by atoms with Gasteiger partial charge in [-0.15, -0.1) is 0 Å². The van der Waals surface area contributed by atoms with Gasteiger partial charge >= 0.3 is 0 Å². The quantitative estimate of drug-likeness (QED) is 0.207. The minimum Gasteiger partial charge on any atom is -0.377 e. The average Bonchev–Trinajstić information content (AvgIpc) is 3.02. The van der Waals surface area contributed by atoms with E-state index in [-0.39, 0.29) is 17.7 Å². The van der Waals surface area contributed by atoms with Crippen molar-refractivity contribution in [1.29, 1.82) is 0 Å². The van der Waals surface area contributed by atoms with Crippen molar-refractivity contribution in [2.75, 3.05) is 50.1 Å². The number of morpholine rings is 1. The van der Waals surface area contributed by atoms with Gasteiger partial charge in [-0.25, -0.2) is 0 Å². The zero-order valence-corrected chi connectivity index (χ0v) is 25.8. The molecule has 218 valence electrons. The van der Waals surface area contributed by atoms with Gasteiger partial charge in [0.15, 0.2) is 0 Å². The molecular formula is C32H36N6O2S2. The molecule has 0 aliphatic carbocycles. The van der Waals surface area contributed by atoms with E-state index in [1.54, 1.807) is 12.3 Å². The maximum atomic E-state index is 11.9. The van der Waals surface area contributed by atoms with Gasteiger partial charge in [0, 0.05) is 69.1 Å². The lowest BCUT2D eigenvalue weighted by Gasteiger charge is -2.36. The predicted molar refractivity (Wildman–Crippen MR) is 170 cm³/mol. The van der Waals surface area contributed by atoms with E-state index in [0.717, 1.165) is 48.8 Å². The molecule has 2 aliphatic heterocycles. The number of rotatable bonds is 9. The predicted octanol–water partition coefficient (Wildman–Crippen LogP) is 6.16. The van der Waals surface area contributed by atoms with Gasteiger partial charge in [0.05, 0.1) is 30.2 Å². The Morgan fingerprint density at radius 3 is 2.83 bits per heavy atom. The number of aromatic amines is 1. The second-order valence-corrected chi connectivity index (χ2v) is 12.9. The number of hydrogen-bond donors (Lipinski definition) is 2. The van der Waals surface area contributed by atoms with E-state index in [2.05, 4.69) is 75.5 Å². The lowest BCUT2D eigenvalue weighted by Crippen LogP contribution is -2.39. The van der Waals surface area contributed by atoms with Crippen LogP contribution >= 0.6 is 23.5 Å². The molecule has 42 heavy (non-hydrogen) atoms. The topological polar surface area (TPSA) is 86.4 Å².